The first-order valence-corrected chi connectivity index (χ1v) is 14.8. The summed E-state index contributed by atoms with van der Waals surface area (Å²) in [6.07, 6.45) is 6.10. The number of rotatable bonds is 5. The number of hydrogen-bond acceptors (Lipinski definition) is 9. The van der Waals surface area contributed by atoms with Gasteiger partial charge in [0, 0.05) is 31.4 Å². The Morgan fingerprint density at radius 1 is 1.08 bits per heavy atom. The number of carbonyl (C=O) groups excluding carboxylic acids is 2. The summed E-state index contributed by atoms with van der Waals surface area (Å²) >= 11 is 0. The minimum atomic E-state index is -1.21. The lowest BCUT2D eigenvalue weighted by Crippen LogP contribution is -2.69. The van der Waals surface area contributed by atoms with Gasteiger partial charge < -0.3 is 39.1 Å². The van der Waals surface area contributed by atoms with Gasteiger partial charge in [0.05, 0.1) is 34.9 Å². The Morgan fingerprint density at radius 3 is 2.54 bits per heavy atom. The molecule has 2 aliphatic heterocycles. The van der Waals surface area contributed by atoms with E-state index in [2.05, 4.69) is 6.92 Å². The Balaban J connectivity index is 1.21. The molecule has 2 heterocycles. The maximum absolute atomic E-state index is 13.0. The number of methoxy groups -OCH3 is 1. The van der Waals surface area contributed by atoms with Crippen molar-refractivity contribution >= 4 is 12.3 Å². The SMILES string of the molecule is COC1CC(OC2CCC3(C=O)[C@H]4CCC5(C)C(C6=CC(=O)OC6)CCC5(O)[C@@H]4CCC3(O)C2)OC(C)C1O. The quantitative estimate of drug-likeness (QED) is 0.269. The number of cyclic esters (lactones) is 1. The van der Waals surface area contributed by atoms with Crippen LogP contribution in [-0.2, 0) is 28.5 Å². The Kier molecular flexibility index (Phi) is 6.84. The topological polar surface area (TPSA) is 132 Å². The number of esters is 1. The highest BCUT2D eigenvalue weighted by Gasteiger charge is 2.71. The minimum absolute atomic E-state index is 0.0827. The maximum Gasteiger partial charge on any atom is 0.331 e. The second kappa shape index (κ2) is 9.60. The van der Waals surface area contributed by atoms with Crippen LogP contribution in [0.15, 0.2) is 11.6 Å². The molecule has 0 radical (unpaired) electrons. The van der Waals surface area contributed by atoms with Gasteiger partial charge in [0.1, 0.15) is 19.0 Å². The predicted octanol–water partition coefficient (Wildman–Crippen LogP) is 2.43. The zero-order valence-corrected chi connectivity index (χ0v) is 23.3. The van der Waals surface area contributed by atoms with Crippen LogP contribution in [0.1, 0.15) is 78.1 Å². The zero-order chi connectivity index (χ0) is 27.8. The molecule has 4 saturated carbocycles. The summed E-state index contributed by atoms with van der Waals surface area (Å²) in [6, 6.07) is 0. The van der Waals surface area contributed by atoms with Crippen LogP contribution in [0.2, 0.25) is 0 Å². The van der Waals surface area contributed by atoms with Crippen molar-refractivity contribution in [2.45, 2.75) is 120 Å². The van der Waals surface area contributed by atoms with Gasteiger partial charge in [-0.3, -0.25) is 0 Å². The van der Waals surface area contributed by atoms with E-state index in [1.165, 1.54) is 0 Å². The molecule has 0 aromatic carbocycles. The lowest BCUT2D eigenvalue weighted by atomic mass is 9.41. The van der Waals surface area contributed by atoms with Crippen LogP contribution in [0.5, 0.6) is 0 Å². The number of hydrogen-bond donors (Lipinski definition) is 3. The molecular weight excluding hydrogens is 504 g/mol. The van der Waals surface area contributed by atoms with Gasteiger partial charge in [-0.1, -0.05) is 6.92 Å². The van der Waals surface area contributed by atoms with Crippen molar-refractivity contribution in [3.63, 3.8) is 0 Å². The third-order valence-electron chi connectivity index (χ3n) is 12.1. The number of ether oxygens (including phenoxy) is 4. The first-order chi connectivity index (χ1) is 18.5. The number of fused-ring (bicyclic) bond motifs is 5. The van der Waals surface area contributed by atoms with Gasteiger partial charge >= 0.3 is 5.97 Å². The van der Waals surface area contributed by atoms with E-state index in [9.17, 15) is 24.9 Å². The normalized spacial score (nSPS) is 53.3. The van der Waals surface area contributed by atoms with E-state index in [0.29, 0.717) is 51.6 Å². The van der Waals surface area contributed by atoms with Crippen molar-refractivity contribution < 1.29 is 43.9 Å². The number of carbonyl (C=O) groups is 2. The molecule has 4 aliphatic carbocycles. The van der Waals surface area contributed by atoms with Gasteiger partial charge in [-0.2, -0.15) is 0 Å². The molecular formula is C30H44O9. The summed E-state index contributed by atoms with van der Waals surface area (Å²) in [7, 11) is 1.57. The summed E-state index contributed by atoms with van der Waals surface area (Å²) in [5.74, 6) is -0.420. The molecule has 0 aromatic heterocycles. The fourth-order valence-electron chi connectivity index (χ4n) is 9.98. The van der Waals surface area contributed by atoms with Crippen LogP contribution >= 0.6 is 0 Å². The molecule has 0 bridgehead atoms. The number of aliphatic hydroxyl groups excluding tert-OH is 1. The van der Waals surface area contributed by atoms with E-state index < -0.39 is 40.5 Å². The summed E-state index contributed by atoms with van der Waals surface area (Å²) < 4.78 is 22.9. The Hall–Kier alpha value is -1.36. The maximum atomic E-state index is 13.0. The molecule has 9 heteroatoms. The third kappa shape index (κ3) is 3.94. The Bertz CT molecular complexity index is 1030. The molecule has 10 unspecified atom stereocenters. The highest BCUT2D eigenvalue weighted by atomic mass is 16.7. The highest BCUT2D eigenvalue weighted by molar-refractivity contribution is 5.85. The second-order valence-electron chi connectivity index (χ2n) is 13.5. The van der Waals surface area contributed by atoms with Gasteiger partial charge in [0.25, 0.3) is 0 Å². The largest absolute Gasteiger partial charge is 0.458 e. The first-order valence-electron chi connectivity index (χ1n) is 14.8. The van der Waals surface area contributed by atoms with Crippen molar-refractivity contribution in [2.75, 3.05) is 13.7 Å². The van der Waals surface area contributed by atoms with Crippen molar-refractivity contribution in [3.8, 4) is 0 Å². The van der Waals surface area contributed by atoms with E-state index in [-0.39, 0.29) is 35.9 Å². The summed E-state index contributed by atoms with van der Waals surface area (Å²) in [5.41, 5.74) is -2.52. The smallest absolute Gasteiger partial charge is 0.331 e. The summed E-state index contributed by atoms with van der Waals surface area (Å²) in [6.45, 7) is 4.25. The molecule has 6 aliphatic rings. The van der Waals surface area contributed by atoms with Crippen molar-refractivity contribution in [1.82, 2.24) is 0 Å². The van der Waals surface area contributed by atoms with E-state index in [0.717, 1.165) is 31.1 Å². The molecule has 12 atom stereocenters. The molecule has 0 spiro atoms. The van der Waals surface area contributed by atoms with Gasteiger partial charge in [-0.05, 0) is 81.6 Å². The predicted molar refractivity (Wildman–Crippen MR) is 138 cm³/mol. The molecule has 6 rings (SSSR count). The lowest BCUT2D eigenvalue weighted by Gasteiger charge is -2.65. The van der Waals surface area contributed by atoms with Crippen LogP contribution in [0, 0.1) is 28.6 Å². The zero-order valence-electron chi connectivity index (χ0n) is 23.3. The van der Waals surface area contributed by atoms with Crippen molar-refractivity contribution in [1.29, 1.82) is 0 Å². The average molecular weight is 549 g/mol. The first kappa shape index (κ1) is 27.8. The lowest BCUT2D eigenvalue weighted by molar-refractivity contribution is -0.287. The van der Waals surface area contributed by atoms with E-state index in [1.54, 1.807) is 20.1 Å². The van der Waals surface area contributed by atoms with Gasteiger partial charge in [0.15, 0.2) is 6.29 Å². The Labute approximate surface area is 230 Å². The van der Waals surface area contributed by atoms with Crippen molar-refractivity contribution in [2.24, 2.45) is 28.6 Å². The molecule has 39 heavy (non-hydrogen) atoms. The van der Waals surface area contributed by atoms with E-state index >= 15 is 0 Å². The van der Waals surface area contributed by atoms with Crippen LogP contribution in [-0.4, -0.2) is 83.2 Å². The minimum Gasteiger partial charge on any atom is -0.458 e. The van der Waals surface area contributed by atoms with Gasteiger partial charge in [-0.15, -0.1) is 0 Å². The van der Waals surface area contributed by atoms with Crippen LogP contribution < -0.4 is 0 Å². The van der Waals surface area contributed by atoms with Gasteiger partial charge in [0.2, 0.25) is 0 Å². The second-order valence-corrected chi connectivity index (χ2v) is 13.5. The Morgan fingerprint density at radius 2 is 1.85 bits per heavy atom. The fraction of sp³-hybridized carbons (Fsp3) is 0.867. The van der Waals surface area contributed by atoms with E-state index in [4.69, 9.17) is 18.9 Å². The standard InChI is InChI=1S/C30H44O9/c1-17-26(33)23(36-3)13-25(38-17)39-19-4-9-28(16-31)21-5-8-27(2)20(18-12-24(32)37-15-18)7-11-30(27,35)22(21)6-10-29(28,34)14-19/h12,16-17,19-23,25-26,33-35H,4-11,13-15H2,1-3H3/t17?,19?,20?,21-,22+,23?,25?,26?,27?,28?,29?,30?/m0/s1. The molecule has 3 N–H and O–H groups in total. The number of aliphatic hydroxyl groups is 3. The average Bonchev–Trinajstić information content (AvgIpc) is 3.45. The fourth-order valence-corrected chi connectivity index (χ4v) is 9.98. The summed E-state index contributed by atoms with van der Waals surface area (Å²) in [5, 5.41) is 34.8. The van der Waals surface area contributed by atoms with Crippen LogP contribution in [0.3, 0.4) is 0 Å². The highest BCUT2D eigenvalue weighted by Crippen LogP contribution is 2.70. The van der Waals surface area contributed by atoms with E-state index in [1.807, 2.05) is 0 Å². The number of aldehydes is 1. The molecule has 218 valence electrons. The summed E-state index contributed by atoms with van der Waals surface area (Å²) in [4.78, 5) is 24.8. The molecule has 0 aromatic rings. The van der Waals surface area contributed by atoms with Gasteiger partial charge in [-0.25, -0.2) is 4.79 Å². The van der Waals surface area contributed by atoms with Crippen LogP contribution in [0.25, 0.3) is 0 Å². The molecule has 5 fully saturated rings. The monoisotopic (exact) mass is 548 g/mol. The van der Waals surface area contributed by atoms with Crippen molar-refractivity contribution in [3.05, 3.63) is 11.6 Å². The third-order valence-corrected chi connectivity index (χ3v) is 12.1. The molecule has 9 nitrogen and oxygen atoms in total. The molecule has 0 amide bonds. The van der Waals surface area contributed by atoms with Crippen LogP contribution in [0.4, 0.5) is 0 Å². The molecule has 1 saturated heterocycles.